The maximum atomic E-state index is 12.8. The zero-order valence-electron chi connectivity index (χ0n) is 17.0. The van der Waals surface area contributed by atoms with Crippen molar-refractivity contribution in [2.24, 2.45) is 0 Å². The largest absolute Gasteiger partial charge is 0.446 e. The maximum Gasteiger partial charge on any atom is 0.370 e. The fourth-order valence-corrected chi connectivity index (χ4v) is 4.33. The van der Waals surface area contributed by atoms with Crippen LogP contribution in [0.4, 0.5) is 0 Å². The minimum absolute atomic E-state index is 0.424. The molecule has 0 radical (unpaired) electrons. The Balaban J connectivity index is 2.46. The van der Waals surface area contributed by atoms with E-state index in [4.69, 9.17) is 13.8 Å². The van der Waals surface area contributed by atoms with Gasteiger partial charge in [0.25, 0.3) is 0 Å². The van der Waals surface area contributed by atoms with Gasteiger partial charge in [-0.15, -0.1) is 0 Å². The SMILES string of the molecule is CCCCCCCCCCC[C@H](OC(=O)c1ccccc1)P(=O)(OC)OC. The van der Waals surface area contributed by atoms with Crippen LogP contribution in [0.25, 0.3) is 0 Å². The van der Waals surface area contributed by atoms with Gasteiger partial charge >= 0.3 is 13.6 Å². The van der Waals surface area contributed by atoms with Gasteiger partial charge in [-0.3, -0.25) is 4.57 Å². The Morgan fingerprint density at radius 2 is 1.41 bits per heavy atom. The van der Waals surface area contributed by atoms with Crippen molar-refractivity contribution in [2.45, 2.75) is 77.0 Å². The molecular formula is C21H35O5P. The Morgan fingerprint density at radius 1 is 0.889 bits per heavy atom. The molecule has 0 amide bonds. The lowest BCUT2D eigenvalue weighted by Gasteiger charge is -2.24. The van der Waals surface area contributed by atoms with Gasteiger partial charge in [-0.2, -0.15) is 0 Å². The zero-order chi connectivity index (χ0) is 20.0. The highest BCUT2D eigenvalue weighted by Gasteiger charge is 2.37. The van der Waals surface area contributed by atoms with Gasteiger partial charge in [0.1, 0.15) is 0 Å². The van der Waals surface area contributed by atoms with Crippen LogP contribution >= 0.6 is 7.60 Å². The van der Waals surface area contributed by atoms with Gasteiger partial charge in [0.15, 0.2) is 0 Å². The Labute approximate surface area is 164 Å². The van der Waals surface area contributed by atoms with Crippen LogP contribution in [0.5, 0.6) is 0 Å². The third kappa shape index (κ3) is 9.05. The molecule has 0 aliphatic carbocycles. The number of ether oxygens (including phenoxy) is 1. The highest BCUT2D eigenvalue weighted by Crippen LogP contribution is 2.54. The van der Waals surface area contributed by atoms with E-state index >= 15 is 0 Å². The lowest BCUT2D eigenvalue weighted by atomic mass is 10.1. The van der Waals surface area contributed by atoms with E-state index in [1.165, 1.54) is 52.7 Å². The molecule has 0 aromatic heterocycles. The first kappa shape index (κ1) is 23.9. The van der Waals surface area contributed by atoms with Crippen LogP contribution in [0.2, 0.25) is 0 Å². The van der Waals surface area contributed by atoms with Gasteiger partial charge in [0.05, 0.1) is 5.56 Å². The molecule has 0 spiro atoms. The Hall–Kier alpha value is -1.16. The van der Waals surface area contributed by atoms with Crippen molar-refractivity contribution in [2.75, 3.05) is 14.2 Å². The van der Waals surface area contributed by atoms with E-state index in [2.05, 4.69) is 6.92 Å². The topological polar surface area (TPSA) is 61.8 Å². The van der Waals surface area contributed by atoms with Crippen LogP contribution in [0.1, 0.15) is 81.5 Å². The summed E-state index contributed by atoms with van der Waals surface area (Å²) in [6.07, 6.45) is 11.1. The van der Waals surface area contributed by atoms with Crippen molar-refractivity contribution in [3.63, 3.8) is 0 Å². The number of esters is 1. The molecule has 1 aromatic carbocycles. The zero-order valence-corrected chi connectivity index (χ0v) is 17.9. The monoisotopic (exact) mass is 398 g/mol. The van der Waals surface area contributed by atoms with Crippen molar-refractivity contribution < 1.29 is 23.1 Å². The van der Waals surface area contributed by atoms with Crippen LogP contribution in [0.3, 0.4) is 0 Å². The van der Waals surface area contributed by atoms with Crippen molar-refractivity contribution >= 4 is 13.6 Å². The number of benzene rings is 1. The molecule has 0 bridgehead atoms. The van der Waals surface area contributed by atoms with E-state index in [0.29, 0.717) is 12.0 Å². The van der Waals surface area contributed by atoms with E-state index < -0.39 is 19.4 Å². The number of hydrogen-bond acceptors (Lipinski definition) is 5. The molecule has 1 atom stereocenters. The minimum atomic E-state index is -3.48. The smallest absolute Gasteiger partial charge is 0.370 e. The van der Waals surface area contributed by atoms with Crippen LogP contribution < -0.4 is 0 Å². The highest BCUT2D eigenvalue weighted by molar-refractivity contribution is 7.54. The molecule has 0 aliphatic heterocycles. The third-order valence-corrected chi connectivity index (χ3v) is 6.76. The molecule has 1 aromatic rings. The summed E-state index contributed by atoms with van der Waals surface area (Å²) < 4.78 is 28.4. The summed E-state index contributed by atoms with van der Waals surface area (Å²) in [5.41, 5.74) is 0.424. The molecule has 0 heterocycles. The van der Waals surface area contributed by atoms with Gasteiger partial charge in [-0.05, 0) is 25.0 Å². The molecule has 0 fully saturated rings. The third-order valence-electron chi connectivity index (χ3n) is 4.67. The molecule has 0 unspecified atom stereocenters. The number of unbranched alkanes of at least 4 members (excludes halogenated alkanes) is 8. The van der Waals surface area contributed by atoms with Crippen LogP contribution in [0.15, 0.2) is 30.3 Å². The standard InChI is InChI=1S/C21H35O5P/c1-4-5-6-7-8-9-10-11-15-18-20(27(23,24-2)25-3)26-21(22)19-16-13-12-14-17-19/h12-14,16-17,20H,4-11,15,18H2,1-3H3/t20-/m1/s1. The molecule has 154 valence electrons. The van der Waals surface area contributed by atoms with Crippen LogP contribution in [-0.4, -0.2) is 26.0 Å². The van der Waals surface area contributed by atoms with Crippen molar-refractivity contribution in [3.8, 4) is 0 Å². The number of hydrogen-bond donors (Lipinski definition) is 0. The van der Waals surface area contributed by atoms with Gasteiger partial charge < -0.3 is 13.8 Å². The molecule has 5 nitrogen and oxygen atoms in total. The molecular weight excluding hydrogens is 363 g/mol. The molecule has 27 heavy (non-hydrogen) atoms. The highest BCUT2D eigenvalue weighted by atomic mass is 31.2. The summed E-state index contributed by atoms with van der Waals surface area (Å²) in [6.45, 7) is 2.22. The molecule has 1 rings (SSSR count). The average Bonchev–Trinajstić information content (AvgIpc) is 2.71. The van der Waals surface area contributed by atoms with Gasteiger partial charge in [0.2, 0.25) is 5.85 Å². The Morgan fingerprint density at radius 3 is 1.93 bits per heavy atom. The molecule has 0 N–H and O–H groups in total. The molecule has 6 heteroatoms. The summed E-state index contributed by atoms with van der Waals surface area (Å²) in [4.78, 5) is 12.3. The van der Waals surface area contributed by atoms with Gasteiger partial charge in [-0.25, -0.2) is 4.79 Å². The summed E-state index contributed by atoms with van der Waals surface area (Å²) in [6, 6.07) is 8.69. The quantitative estimate of drug-likeness (QED) is 0.190. The van der Waals surface area contributed by atoms with Gasteiger partial charge in [0, 0.05) is 14.2 Å². The molecule has 0 saturated heterocycles. The fourth-order valence-electron chi connectivity index (χ4n) is 2.99. The van der Waals surface area contributed by atoms with Crippen LogP contribution in [-0.2, 0) is 18.3 Å². The first-order valence-corrected chi connectivity index (χ1v) is 11.7. The van der Waals surface area contributed by atoms with E-state index in [1.54, 1.807) is 24.3 Å². The van der Waals surface area contributed by atoms with E-state index in [-0.39, 0.29) is 0 Å². The summed E-state index contributed by atoms with van der Waals surface area (Å²) in [5.74, 6) is -1.39. The maximum absolute atomic E-state index is 12.8. The predicted octanol–water partition coefficient (Wildman–Crippen LogP) is 6.58. The number of rotatable bonds is 15. The van der Waals surface area contributed by atoms with E-state index in [9.17, 15) is 9.36 Å². The van der Waals surface area contributed by atoms with Crippen molar-refractivity contribution in [1.82, 2.24) is 0 Å². The summed E-state index contributed by atoms with van der Waals surface area (Å²) >= 11 is 0. The Kier molecular flexibility index (Phi) is 12.3. The summed E-state index contributed by atoms with van der Waals surface area (Å²) in [5, 5.41) is 0. The van der Waals surface area contributed by atoms with Crippen molar-refractivity contribution in [1.29, 1.82) is 0 Å². The Bertz CT molecular complexity index is 553. The lowest BCUT2D eigenvalue weighted by Crippen LogP contribution is -2.20. The first-order chi connectivity index (χ1) is 13.1. The normalized spacial score (nSPS) is 12.7. The average molecular weight is 398 g/mol. The van der Waals surface area contributed by atoms with E-state index in [0.717, 1.165) is 19.3 Å². The number of carbonyl (C=O) groups is 1. The molecule has 0 aliphatic rings. The van der Waals surface area contributed by atoms with Crippen LogP contribution in [0, 0.1) is 0 Å². The first-order valence-electron chi connectivity index (χ1n) is 10.0. The van der Waals surface area contributed by atoms with E-state index in [1.807, 2.05) is 6.07 Å². The fraction of sp³-hybridized carbons (Fsp3) is 0.667. The van der Waals surface area contributed by atoms with Crippen molar-refractivity contribution in [3.05, 3.63) is 35.9 Å². The summed E-state index contributed by atoms with van der Waals surface area (Å²) in [7, 11) is -0.836. The lowest BCUT2D eigenvalue weighted by molar-refractivity contribution is 0.0366. The second-order valence-corrected chi connectivity index (χ2v) is 9.13. The second-order valence-electron chi connectivity index (χ2n) is 6.75. The minimum Gasteiger partial charge on any atom is -0.446 e. The number of carbonyl (C=O) groups excluding carboxylic acids is 1. The second kappa shape index (κ2) is 13.9. The van der Waals surface area contributed by atoms with Gasteiger partial charge in [-0.1, -0.05) is 76.5 Å². The predicted molar refractivity (Wildman–Crippen MR) is 109 cm³/mol. The molecule has 0 saturated carbocycles.